The fourth-order valence-corrected chi connectivity index (χ4v) is 0.775. The fraction of sp³-hybridized carbons (Fsp3) is 1.00. The molecule has 0 spiro atoms. The van der Waals surface area contributed by atoms with Gasteiger partial charge in [0.2, 0.25) is 0 Å². The van der Waals surface area contributed by atoms with Crippen LogP contribution in [0.5, 0.6) is 0 Å². The Hall–Kier alpha value is 0.870. The Morgan fingerprint density at radius 1 is 1.40 bits per heavy atom. The van der Waals surface area contributed by atoms with Crippen LogP contribution in [-0.4, -0.2) is 30.4 Å². The molecule has 0 aromatic carbocycles. The van der Waals surface area contributed by atoms with Gasteiger partial charge in [0.05, 0.1) is 0 Å². The van der Waals surface area contributed by atoms with Crippen LogP contribution in [0.3, 0.4) is 0 Å². The van der Waals surface area contributed by atoms with Gasteiger partial charge in [-0.05, 0) is 13.8 Å². The molecule has 0 amide bonds. The van der Waals surface area contributed by atoms with Crippen LogP contribution in [0.1, 0.15) is 13.8 Å². The van der Waals surface area contributed by atoms with E-state index >= 15 is 0 Å². The summed E-state index contributed by atoms with van der Waals surface area (Å²) >= 11 is 0. The van der Waals surface area contributed by atoms with Crippen LogP contribution in [0.15, 0.2) is 0 Å². The summed E-state index contributed by atoms with van der Waals surface area (Å²) in [5.41, 5.74) is 0. The Morgan fingerprint density at radius 2 is 1.70 bits per heavy atom. The largest absolute Gasteiger partial charge is 1.00 e. The van der Waals surface area contributed by atoms with Gasteiger partial charge >= 0.3 is 29.6 Å². The molecule has 4 nitrogen and oxygen atoms in total. The zero-order valence-corrected chi connectivity index (χ0v) is 9.47. The molecule has 56 valence electrons. The molecule has 0 atom stereocenters. The van der Waals surface area contributed by atoms with E-state index in [2.05, 4.69) is 0 Å². The molecule has 0 fully saturated rings. The van der Waals surface area contributed by atoms with E-state index in [1.807, 2.05) is 0 Å². The second kappa shape index (κ2) is 4.69. The molecule has 0 N–H and O–H groups in total. The topological polar surface area (TPSA) is 60.4 Å². The molecule has 0 aromatic heterocycles. The van der Waals surface area contributed by atoms with Crippen molar-refractivity contribution < 1.29 is 42.5 Å². The summed E-state index contributed by atoms with van der Waals surface area (Å²) in [5, 5.41) is 0. The van der Waals surface area contributed by atoms with Crippen LogP contribution in [0.4, 0.5) is 0 Å². The van der Waals surface area contributed by atoms with Gasteiger partial charge in [0, 0.05) is 13.1 Å². The molecule has 0 saturated heterocycles. The molecule has 0 aromatic rings. The quantitative estimate of drug-likeness (QED) is 0.328. The third-order valence-electron chi connectivity index (χ3n) is 1.08. The normalized spacial score (nSPS) is 11.8. The second-order valence-electron chi connectivity index (χ2n) is 2.07. The maximum Gasteiger partial charge on any atom is 1.00 e. The van der Waals surface area contributed by atoms with Crippen LogP contribution in [0.25, 0.3) is 0 Å². The first-order valence-corrected chi connectivity index (χ1v) is 3.91. The van der Waals surface area contributed by atoms with Gasteiger partial charge in [0.1, 0.15) is 0 Å². The molecule has 0 saturated carbocycles. The Labute approximate surface area is 83.8 Å². The van der Waals surface area contributed by atoms with Crippen molar-refractivity contribution in [2.24, 2.45) is 0 Å². The molecule has 0 aliphatic carbocycles. The minimum Gasteiger partial charge on any atom is -0.735 e. The SMILES string of the molecule is CC(C)N(C)S(=O)(=O)[O-].[Na+]. The van der Waals surface area contributed by atoms with E-state index in [4.69, 9.17) is 0 Å². The smallest absolute Gasteiger partial charge is 0.735 e. The van der Waals surface area contributed by atoms with Crippen molar-refractivity contribution >= 4 is 10.3 Å². The van der Waals surface area contributed by atoms with Crippen molar-refractivity contribution in [1.82, 2.24) is 4.31 Å². The van der Waals surface area contributed by atoms with Crippen molar-refractivity contribution in [3.63, 3.8) is 0 Å². The standard InChI is InChI=1S/C4H11NO3S.Na/c1-4(2)5(3)9(6,7)8;/h4H,1-3H3,(H,6,7,8);/q;+1/p-1. The molecular formula is C4H10NNaO3S. The third-order valence-corrected chi connectivity index (χ3v) is 2.21. The second-order valence-corrected chi connectivity index (χ2v) is 3.50. The van der Waals surface area contributed by atoms with Crippen LogP contribution >= 0.6 is 0 Å². The average Bonchev–Trinajstić information content (AvgIpc) is 1.62. The molecular weight excluding hydrogens is 165 g/mol. The molecule has 0 rings (SSSR count). The van der Waals surface area contributed by atoms with Crippen molar-refractivity contribution in [3.05, 3.63) is 0 Å². The molecule has 0 heterocycles. The van der Waals surface area contributed by atoms with Crippen molar-refractivity contribution in [3.8, 4) is 0 Å². The van der Waals surface area contributed by atoms with Crippen molar-refractivity contribution in [2.45, 2.75) is 19.9 Å². The van der Waals surface area contributed by atoms with Gasteiger partial charge in [-0.25, -0.2) is 12.7 Å². The summed E-state index contributed by atoms with van der Waals surface area (Å²) in [6.07, 6.45) is 0. The Morgan fingerprint density at radius 3 is 1.70 bits per heavy atom. The molecule has 10 heavy (non-hydrogen) atoms. The van der Waals surface area contributed by atoms with Gasteiger partial charge in [-0.1, -0.05) is 0 Å². The summed E-state index contributed by atoms with van der Waals surface area (Å²) in [4.78, 5) is 0. The minimum atomic E-state index is -4.22. The van der Waals surface area contributed by atoms with Crippen LogP contribution < -0.4 is 29.6 Å². The first kappa shape index (κ1) is 13.5. The third kappa shape index (κ3) is 4.65. The maximum atomic E-state index is 10.1. The van der Waals surface area contributed by atoms with E-state index in [1.165, 1.54) is 7.05 Å². The van der Waals surface area contributed by atoms with Crippen LogP contribution in [0.2, 0.25) is 0 Å². The zero-order chi connectivity index (χ0) is 7.65. The van der Waals surface area contributed by atoms with E-state index < -0.39 is 10.3 Å². The summed E-state index contributed by atoms with van der Waals surface area (Å²) in [6, 6.07) is -0.257. The zero-order valence-electron chi connectivity index (χ0n) is 6.66. The van der Waals surface area contributed by atoms with E-state index in [1.54, 1.807) is 13.8 Å². The van der Waals surface area contributed by atoms with E-state index in [0.717, 1.165) is 4.31 Å². The summed E-state index contributed by atoms with van der Waals surface area (Å²) < 4.78 is 31.2. The van der Waals surface area contributed by atoms with Gasteiger partial charge < -0.3 is 4.55 Å². The Balaban J connectivity index is 0. The summed E-state index contributed by atoms with van der Waals surface area (Å²) in [7, 11) is -2.96. The molecule has 0 aliphatic rings. The van der Waals surface area contributed by atoms with Gasteiger partial charge in [0.25, 0.3) is 0 Å². The number of hydrogen-bond donors (Lipinski definition) is 0. The molecule has 6 heteroatoms. The van der Waals surface area contributed by atoms with Crippen LogP contribution in [0, 0.1) is 0 Å². The maximum absolute atomic E-state index is 10.1. The monoisotopic (exact) mass is 175 g/mol. The van der Waals surface area contributed by atoms with Crippen molar-refractivity contribution in [1.29, 1.82) is 0 Å². The Bertz CT molecular complexity index is 177. The number of rotatable bonds is 2. The predicted molar refractivity (Wildman–Crippen MR) is 32.6 cm³/mol. The first-order chi connectivity index (χ1) is 3.85. The number of nitrogens with zero attached hydrogens (tertiary/aromatic N) is 1. The fourth-order valence-electron chi connectivity index (χ4n) is 0.258. The average molecular weight is 175 g/mol. The molecule has 0 radical (unpaired) electrons. The number of hydrogen-bond acceptors (Lipinski definition) is 3. The molecule has 0 aliphatic heterocycles. The minimum absolute atomic E-state index is 0. The van der Waals surface area contributed by atoms with Gasteiger partial charge in [0.15, 0.2) is 10.3 Å². The van der Waals surface area contributed by atoms with Gasteiger partial charge in [-0.15, -0.1) is 0 Å². The first-order valence-electron chi connectivity index (χ1n) is 2.54. The molecule has 0 bridgehead atoms. The summed E-state index contributed by atoms with van der Waals surface area (Å²) in [5.74, 6) is 0. The van der Waals surface area contributed by atoms with Crippen LogP contribution in [-0.2, 0) is 10.3 Å². The van der Waals surface area contributed by atoms with Crippen molar-refractivity contribution in [2.75, 3.05) is 7.05 Å². The summed E-state index contributed by atoms with van der Waals surface area (Å²) in [6.45, 7) is 3.27. The molecule has 0 unspecified atom stereocenters. The predicted octanol–water partition coefficient (Wildman–Crippen LogP) is -3.21. The van der Waals surface area contributed by atoms with Gasteiger partial charge in [-0.2, -0.15) is 0 Å². The van der Waals surface area contributed by atoms with E-state index in [0.29, 0.717) is 0 Å². The van der Waals surface area contributed by atoms with Gasteiger partial charge in [-0.3, -0.25) is 0 Å². The van der Waals surface area contributed by atoms with E-state index in [9.17, 15) is 13.0 Å². The Kier molecular flexibility index (Phi) is 6.31. The van der Waals surface area contributed by atoms with E-state index in [-0.39, 0.29) is 35.6 Å².